The molecule has 1 atom stereocenters. The van der Waals surface area contributed by atoms with Gasteiger partial charge in [-0.05, 0) is 56.2 Å². The first-order valence-corrected chi connectivity index (χ1v) is 10.9. The normalized spacial score (nSPS) is 11.9. The van der Waals surface area contributed by atoms with Crippen molar-refractivity contribution in [2.75, 3.05) is 6.54 Å². The van der Waals surface area contributed by atoms with Crippen molar-refractivity contribution in [3.05, 3.63) is 70.3 Å². The van der Waals surface area contributed by atoms with Crippen molar-refractivity contribution in [1.82, 2.24) is 25.4 Å². The average Bonchev–Trinajstić information content (AvgIpc) is 3.13. The predicted molar refractivity (Wildman–Crippen MR) is 118 cm³/mol. The Balaban J connectivity index is 1.95. The van der Waals surface area contributed by atoms with Crippen LogP contribution in [0.1, 0.15) is 36.8 Å². The van der Waals surface area contributed by atoms with Crippen LogP contribution in [-0.2, 0) is 5.75 Å². The minimum absolute atomic E-state index is 0.269. The fourth-order valence-corrected chi connectivity index (χ4v) is 3.98. The molecule has 0 fully saturated rings. The molecule has 2 amide bonds. The van der Waals surface area contributed by atoms with Gasteiger partial charge in [-0.2, -0.15) is 0 Å². The quantitative estimate of drug-likeness (QED) is 0.497. The first-order chi connectivity index (χ1) is 14.4. The molecule has 0 spiro atoms. The third-order valence-electron chi connectivity index (χ3n) is 4.42. The molecule has 1 aromatic heterocycles. The van der Waals surface area contributed by atoms with E-state index in [2.05, 4.69) is 20.8 Å². The summed E-state index contributed by atoms with van der Waals surface area (Å²) in [7, 11) is 0. The molecule has 0 saturated heterocycles. The smallest absolute Gasteiger partial charge is 0.315 e. The van der Waals surface area contributed by atoms with Crippen LogP contribution >= 0.6 is 23.4 Å². The number of carbonyl (C=O) groups is 1. The minimum Gasteiger partial charge on any atom is -0.338 e. The molecular formula is C21H23ClFN5OS. The summed E-state index contributed by atoms with van der Waals surface area (Å²) in [6.45, 7) is 6.21. The summed E-state index contributed by atoms with van der Waals surface area (Å²) < 4.78 is 15.1. The first kappa shape index (κ1) is 22.1. The van der Waals surface area contributed by atoms with Crippen molar-refractivity contribution in [1.29, 1.82) is 0 Å². The summed E-state index contributed by atoms with van der Waals surface area (Å²) in [6.07, 6.45) is 0. The molecule has 0 aliphatic rings. The Morgan fingerprint density at radius 1 is 1.23 bits per heavy atom. The molecule has 158 valence electrons. The molecule has 3 rings (SSSR count). The Hall–Kier alpha value is -2.58. The van der Waals surface area contributed by atoms with Crippen LogP contribution < -0.4 is 10.6 Å². The lowest BCUT2D eigenvalue weighted by Crippen LogP contribution is -2.37. The second-order valence-corrected chi connectivity index (χ2v) is 8.13. The van der Waals surface area contributed by atoms with Crippen LogP contribution in [-0.4, -0.2) is 27.3 Å². The molecule has 0 radical (unpaired) electrons. The molecule has 0 aliphatic carbocycles. The number of aryl methyl sites for hydroxylation is 1. The summed E-state index contributed by atoms with van der Waals surface area (Å²) in [5.74, 6) is 0.915. The van der Waals surface area contributed by atoms with E-state index in [4.69, 9.17) is 11.6 Å². The maximum atomic E-state index is 13.2. The van der Waals surface area contributed by atoms with Gasteiger partial charge in [-0.15, -0.1) is 10.2 Å². The number of urea groups is 1. The number of carbonyl (C=O) groups excluding carboxylic acids is 1. The van der Waals surface area contributed by atoms with E-state index in [1.165, 1.54) is 23.9 Å². The van der Waals surface area contributed by atoms with Gasteiger partial charge in [-0.25, -0.2) is 9.18 Å². The molecule has 0 aliphatic heterocycles. The summed E-state index contributed by atoms with van der Waals surface area (Å²) in [5, 5.41) is 15.6. The van der Waals surface area contributed by atoms with Gasteiger partial charge in [0.2, 0.25) is 0 Å². The fraction of sp³-hybridized carbons (Fsp3) is 0.286. The third-order valence-corrected chi connectivity index (χ3v) is 5.66. The van der Waals surface area contributed by atoms with Crippen molar-refractivity contribution in [2.24, 2.45) is 0 Å². The highest BCUT2D eigenvalue weighted by atomic mass is 35.5. The number of amides is 2. The number of benzene rings is 2. The maximum Gasteiger partial charge on any atom is 0.315 e. The lowest BCUT2D eigenvalue weighted by Gasteiger charge is -2.18. The Kier molecular flexibility index (Phi) is 7.33. The zero-order valence-corrected chi connectivity index (χ0v) is 18.5. The van der Waals surface area contributed by atoms with E-state index in [0.717, 1.165) is 16.8 Å². The Labute approximate surface area is 184 Å². The standard InChI is InChI=1S/C21H23ClFN5OS/c1-4-24-20(29)25-14(3)19-26-27-21(30-12-15-6-9-17(23)10-7-15)28(19)18-11-16(22)8-5-13(18)2/h5-11,14H,4,12H2,1-3H3,(H2,24,25,29). The molecule has 1 heterocycles. The van der Waals surface area contributed by atoms with Crippen LogP contribution in [0.2, 0.25) is 5.02 Å². The fourth-order valence-electron chi connectivity index (χ4n) is 2.91. The van der Waals surface area contributed by atoms with Crippen LogP contribution in [0.25, 0.3) is 5.69 Å². The third kappa shape index (κ3) is 5.31. The van der Waals surface area contributed by atoms with E-state index in [1.54, 1.807) is 12.1 Å². The number of nitrogens with zero attached hydrogens (tertiary/aromatic N) is 3. The van der Waals surface area contributed by atoms with Crippen molar-refractivity contribution < 1.29 is 9.18 Å². The highest BCUT2D eigenvalue weighted by Crippen LogP contribution is 2.30. The van der Waals surface area contributed by atoms with E-state index in [0.29, 0.717) is 28.3 Å². The second-order valence-electron chi connectivity index (χ2n) is 6.75. The molecule has 0 saturated carbocycles. The maximum absolute atomic E-state index is 13.2. The molecular weight excluding hydrogens is 425 g/mol. The molecule has 2 N–H and O–H groups in total. The molecule has 30 heavy (non-hydrogen) atoms. The van der Waals surface area contributed by atoms with Crippen molar-refractivity contribution >= 4 is 29.4 Å². The van der Waals surface area contributed by atoms with Crippen LogP contribution in [0, 0.1) is 12.7 Å². The van der Waals surface area contributed by atoms with Gasteiger partial charge >= 0.3 is 6.03 Å². The highest BCUT2D eigenvalue weighted by molar-refractivity contribution is 7.98. The second kappa shape index (κ2) is 9.95. The van der Waals surface area contributed by atoms with Gasteiger partial charge in [-0.1, -0.05) is 41.6 Å². The van der Waals surface area contributed by atoms with E-state index >= 15 is 0 Å². The number of hydrogen-bond donors (Lipinski definition) is 2. The molecule has 6 nitrogen and oxygen atoms in total. The summed E-state index contributed by atoms with van der Waals surface area (Å²) >= 11 is 7.73. The van der Waals surface area contributed by atoms with E-state index in [1.807, 2.05) is 43.5 Å². The lowest BCUT2D eigenvalue weighted by atomic mass is 10.2. The van der Waals surface area contributed by atoms with Gasteiger partial charge in [0.25, 0.3) is 0 Å². The van der Waals surface area contributed by atoms with E-state index in [9.17, 15) is 9.18 Å². The number of thioether (sulfide) groups is 1. The topological polar surface area (TPSA) is 71.8 Å². The molecule has 2 aromatic carbocycles. The number of rotatable bonds is 7. The van der Waals surface area contributed by atoms with Gasteiger partial charge in [-0.3, -0.25) is 4.57 Å². The number of hydrogen-bond acceptors (Lipinski definition) is 4. The number of aromatic nitrogens is 3. The summed E-state index contributed by atoms with van der Waals surface area (Å²) in [6, 6.07) is 11.3. The lowest BCUT2D eigenvalue weighted by molar-refractivity contribution is 0.238. The Bertz CT molecular complexity index is 1020. The SMILES string of the molecule is CCNC(=O)NC(C)c1nnc(SCc2ccc(F)cc2)n1-c1cc(Cl)ccc1C. The highest BCUT2D eigenvalue weighted by Gasteiger charge is 2.22. The van der Waals surface area contributed by atoms with Crippen molar-refractivity contribution in [3.8, 4) is 5.69 Å². The number of halogens is 2. The number of nitrogens with one attached hydrogen (secondary N) is 2. The van der Waals surface area contributed by atoms with Gasteiger partial charge in [0.15, 0.2) is 11.0 Å². The van der Waals surface area contributed by atoms with Crippen molar-refractivity contribution in [3.63, 3.8) is 0 Å². The Morgan fingerprint density at radius 2 is 1.97 bits per heavy atom. The zero-order valence-electron chi connectivity index (χ0n) is 16.9. The summed E-state index contributed by atoms with van der Waals surface area (Å²) in [4.78, 5) is 12.0. The monoisotopic (exact) mass is 447 g/mol. The van der Waals surface area contributed by atoms with Gasteiger partial charge in [0.05, 0.1) is 11.7 Å². The van der Waals surface area contributed by atoms with Crippen LogP contribution in [0.3, 0.4) is 0 Å². The molecule has 0 bridgehead atoms. The zero-order chi connectivity index (χ0) is 21.7. The van der Waals surface area contributed by atoms with Gasteiger partial charge in [0, 0.05) is 17.3 Å². The van der Waals surface area contributed by atoms with E-state index in [-0.39, 0.29) is 17.9 Å². The summed E-state index contributed by atoms with van der Waals surface area (Å²) in [5.41, 5.74) is 2.80. The molecule has 1 unspecified atom stereocenters. The Morgan fingerprint density at radius 3 is 2.67 bits per heavy atom. The molecule has 3 aromatic rings. The van der Waals surface area contributed by atoms with Gasteiger partial charge in [0.1, 0.15) is 5.82 Å². The minimum atomic E-state index is -0.386. The first-order valence-electron chi connectivity index (χ1n) is 9.52. The van der Waals surface area contributed by atoms with Crippen LogP contribution in [0.15, 0.2) is 47.6 Å². The predicted octanol–water partition coefficient (Wildman–Crippen LogP) is 5.04. The van der Waals surface area contributed by atoms with Gasteiger partial charge < -0.3 is 10.6 Å². The van der Waals surface area contributed by atoms with Crippen LogP contribution in [0.4, 0.5) is 9.18 Å². The van der Waals surface area contributed by atoms with E-state index < -0.39 is 0 Å². The van der Waals surface area contributed by atoms with Crippen molar-refractivity contribution in [2.45, 2.75) is 37.7 Å². The molecule has 9 heteroatoms. The largest absolute Gasteiger partial charge is 0.338 e. The van der Waals surface area contributed by atoms with Crippen LogP contribution in [0.5, 0.6) is 0 Å². The average molecular weight is 448 g/mol.